The van der Waals surface area contributed by atoms with Crippen LogP contribution in [0.25, 0.3) is 0 Å². The highest BCUT2D eigenvalue weighted by molar-refractivity contribution is 5.36. The number of para-hydroxylation sites is 1. The Hall–Kier alpha value is -1.20. The van der Waals surface area contributed by atoms with E-state index in [9.17, 15) is 8.78 Å². The number of hydrogen-bond acceptors (Lipinski definition) is 3. The van der Waals surface area contributed by atoms with Gasteiger partial charge in [-0.25, -0.2) is 0 Å². The van der Waals surface area contributed by atoms with Crippen LogP contribution in [0.1, 0.15) is 31.9 Å². The molecule has 2 unspecified atom stereocenters. The highest BCUT2D eigenvalue weighted by Gasteiger charge is 2.31. The topological polar surface area (TPSA) is 38.5 Å². The molecule has 1 aliphatic heterocycles. The molecular formula is C16H24F2N2O. The first-order valence-electron chi connectivity index (χ1n) is 7.50. The molecule has 0 aromatic heterocycles. The predicted octanol–water partition coefficient (Wildman–Crippen LogP) is 3.27. The molecule has 3 nitrogen and oxygen atoms in total. The smallest absolute Gasteiger partial charge is 0.387 e. The maximum Gasteiger partial charge on any atom is 0.387 e. The third kappa shape index (κ3) is 3.92. The Labute approximate surface area is 125 Å². The van der Waals surface area contributed by atoms with E-state index in [-0.39, 0.29) is 11.8 Å². The molecule has 21 heavy (non-hydrogen) atoms. The normalized spacial score (nSPS) is 21.2. The molecule has 0 bridgehead atoms. The van der Waals surface area contributed by atoms with E-state index < -0.39 is 6.61 Å². The lowest BCUT2D eigenvalue weighted by Gasteiger charge is -2.29. The zero-order chi connectivity index (χ0) is 15.4. The van der Waals surface area contributed by atoms with Crippen molar-refractivity contribution in [3.8, 4) is 5.75 Å². The van der Waals surface area contributed by atoms with Crippen LogP contribution in [0.5, 0.6) is 5.75 Å². The fourth-order valence-corrected chi connectivity index (χ4v) is 3.07. The number of likely N-dealkylation sites (tertiary alicyclic amines) is 1. The Morgan fingerprint density at radius 3 is 2.62 bits per heavy atom. The predicted molar refractivity (Wildman–Crippen MR) is 79.4 cm³/mol. The Kier molecular flexibility index (Phi) is 5.53. The Morgan fingerprint density at radius 2 is 2.05 bits per heavy atom. The summed E-state index contributed by atoms with van der Waals surface area (Å²) in [6.07, 6.45) is 1.13. The SMILES string of the molecule is CC(C)C1CCN(C(CN)c2ccccc2OC(F)F)C1. The van der Waals surface area contributed by atoms with Gasteiger partial charge in [0.1, 0.15) is 5.75 Å². The van der Waals surface area contributed by atoms with Crippen LogP contribution in [0.15, 0.2) is 24.3 Å². The highest BCUT2D eigenvalue weighted by atomic mass is 19.3. The minimum Gasteiger partial charge on any atom is -0.434 e. The molecule has 0 spiro atoms. The van der Waals surface area contributed by atoms with Gasteiger partial charge >= 0.3 is 6.61 Å². The summed E-state index contributed by atoms with van der Waals surface area (Å²) >= 11 is 0. The fourth-order valence-electron chi connectivity index (χ4n) is 3.07. The Morgan fingerprint density at radius 1 is 1.33 bits per heavy atom. The lowest BCUT2D eigenvalue weighted by atomic mass is 9.95. The molecule has 0 saturated carbocycles. The standard InChI is InChI=1S/C16H24F2N2O/c1-11(2)12-7-8-20(10-12)14(9-19)13-5-3-4-6-15(13)21-16(17)18/h3-6,11-12,14,16H,7-10,19H2,1-2H3. The minimum atomic E-state index is -2.81. The number of alkyl halides is 2. The Bertz CT molecular complexity index is 454. The summed E-state index contributed by atoms with van der Waals surface area (Å²) in [7, 11) is 0. The molecule has 1 aromatic carbocycles. The van der Waals surface area contributed by atoms with Gasteiger partial charge in [0.05, 0.1) is 6.04 Å². The lowest BCUT2D eigenvalue weighted by Crippen LogP contribution is -2.33. The van der Waals surface area contributed by atoms with Gasteiger partial charge in [-0.1, -0.05) is 32.0 Å². The summed E-state index contributed by atoms with van der Waals surface area (Å²) in [6.45, 7) is 3.94. The molecule has 1 aliphatic rings. The summed E-state index contributed by atoms with van der Waals surface area (Å²) in [6, 6.07) is 6.89. The molecule has 118 valence electrons. The van der Waals surface area contributed by atoms with Crippen molar-refractivity contribution in [2.24, 2.45) is 17.6 Å². The maximum absolute atomic E-state index is 12.5. The summed E-state index contributed by atoms with van der Waals surface area (Å²) in [5.41, 5.74) is 6.68. The summed E-state index contributed by atoms with van der Waals surface area (Å²) < 4.78 is 29.7. The van der Waals surface area contributed by atoms with Crippen molar-refractivity contribution >= 4 is 0 Å². The number of ether oxygens (including phenoxy) is 1. The van der Waals surface area contributed by atoms with Crippen molar-refractivity contribution in [1.29, 1.82) is 0 Å². The van der Waals surface area contributed by atoms with Crippen molar-refractivity contribution < 1.29 is 13.5 Å². The molecule has 1 aromatic rings. The summed E-state index contributed by atoms with van der Waals surface area (Å²) in [4.78, 5) is 2.29. The first kappa shape index (κ1) is 16.2. The third-order valence-electron chi connectivity index (χ3n) is 4.36. The van der Waals surface area contributed by atoms with E-state index in [4.69, 9.17) is 5.73 Å². The van der Waals surface area contributed by atoms with Gasteiger partial charge < -0.3 is 10.5 Å². The average molecular weight is 298 g/mol. The third-order valence-corrected chi connectivity index (χ3v) is 4.36. The van der Waals surface area contributed by atoms with Crippen LogP contribution < -0.4 is 10.5 Å². The summed E-state index contributed by atoms with van der Waals surface area (Å²) in [5.74, 6) is 1.50. The van der Waals surface area contributed by atoms with E-state index in [0.717, 1.165) is 25.1 Å². The number of halogens is 2. The van der Waals surface area contributed by atoms with E-state index >= 15 is 0 Å². The summed E-state index contributed by atoms with van der Waals surface area (Å²) in [5, 5.41) is 0. The van der Waals surface area contributed by atoms with Gasteiger partial charge in [-0.05, 0) is 30.9 Å². The van der Waals surface area contributed by atoms with Crippen LogP contribution in [0.2, 0.25) is 0 Å². The average Bonchev–Trinajstić information content (AvgIpc) is 2.91. The van der Waals surface area contributed by atoms with E-state index in [1.807, 2.05) is 12.1 Å². The van der Waals surface area contributed by atoms with Gasteiger partial charge in [-0.2, -0.15) is 8.78 Å². The molecular weight excluding hydrogens is 274 g/mol. The quantitative estimate of drug-likeness (QED) is 0.876. The first-order valence-corrected chi connectivity index (χ1v) is 7.50. The molecule has 0 radical (unpaired) electrons. The van der Waals surface area contributed by atoms with Crippen LogP contribution in [-0.2, 0) is 0 Å². The van der Waals surface area contributed by atoms with Crippen molar-refractivity contribution in [2.75, 3.05) is 19.6 Å². The first-order chi connectivity index (χ1) is 10.0. The van der Waals surface area contributed by atoms with Gasteiger partial charge in [0.15, 0.2) is 0 Å². The van der Waals surface area contributed by atoms with Crippen molar-refractivity contribution in [2.45, 2.75) is 32.9 Å². The highest BCUT2D eigenvalue weighted by Crippen LogP contribution is 2.34. The lowest BCUT2D eigenvalue weighted by molar-refractivity contribution is -0.0511. The zero-order valence-corrected chi connectivity index (χ0v) is 12.6. The molecule has 2 rings (SSSR count). The number of nitrogens with two attached hydrogens (primary N) is 1. The van der Waals surface area contributed by atoms with E-state index in [1.54, 1.807) is 12.1 Å². The van der Waals surface area contributed by atoms with Gasteiger partial charge in [0.25, 0.3) is 0 Å². The van der Waals surface area contributed by atoms with Crippen LogP contribution in [-0.4, -0.2) is 31.1 Å². The van der Waals surface area contributed by atoms with Gasteiger partial charge in [-0.3, -0.25) is 4.90 Å². The van der Waals surface area contributed by atoms with E-state index in [2.05, 4.69) is 23.5 Å². The molecule has 1 heterocycles. The molecule has 2 atom stereocenters. The largest absolute Gasteiger partial charge is 0.434 e. The molecule has 5 heteroatoms. The Balaban J connectivity index is 2.18. The second kappa shape index (κ2) is 7.18. The maximum atomic E-state index is 12.5. The minimum absolute atomic E-state index is 0.0660. The van der Waals surface area contributed by atoms with Crippen molar-refractivity contribution in [3.05, 3.63) is 29.8 Å². The number of nitrogens with zero attached hydrogens (tertiary/aromatic N) is 1. The van der Waals surface area contributed by atoms with Gasteiger partial charge in [0, 0.05) is 18.7 Å². The number of rotatable bonds is 6. The number of hydrogen-bond donors (Lipinski definition) is 1. The molecule has 2 N–H and O–H groups in total. The molecule has 1 fully saturated rings. The van der Waals surface area contributed by atoms with Crippen LogP contribution in [0, 0.1) is 11.8 Å². The second-order valence-corrected chi connectivity index (χ2v) is 5.96. The van der Waals surface area contributed by atoms with Gasteiger partial charge in [0.2, 0.25) is 0 Å². The van der Waals surface area contributed by atoms with Crippen LogP contribution >= 0.6 is 0 Å². The number of benzene rings is 1. The van der Waals surface area contributed by atoms with Crippen LogP contribution in [0.3, 0.4) is 0 Å². The van der Waals surface area contributed by atoms with Crippen molar-refractivity contribution in [1.82, 2.24) is 4.90 Å². The zero-order valence-electron chi connectivity index (χ0n) is 12.6. The molecule has 0 aliphatic carbocycles. The fraction of sp³-hybridized carbons (Fsp3) is 0.625. The monoisotopic (exact) mass is 298 g/mol. The second-order valence-electron chi connectivity index (χ2n) is 5.96. The molecule has 1 saturated heterocycles. The van der Waals surface area contributed by atoms with Gasteiger partial charge in [-0.15, -0.1) is 0 Å². The molecule has 0 amide bonds. The van der Waals surface area contributed by atoms with E-state index in [1.165, 1.54) is 0 Å². The van der Waals surface area contributed by atoms with Crippen LogP contribution in [0.4, 0.5) is 8.78 Å². The van der Waals surface area contributed by atoms with Crippen molar-refractivity contribution in [3.63, 3.8) is 0 Å². The van der Waals surface area contributed by atoms with E-state index in [0.29, 0.717) is 18.4 Å².